The summed E-state index contributed by atoms with van der Waals surface area (Å²) in [6.45, 7) is -0.815. The van der Waals surface area contributed by atoms with Crippen molar-refractivity contribution in [1.82, 2.24) is 4.67 Å². The van der Waals surface area contributed by atoms with Crippen molar-refractivity contribution in [1.29, 1.82) is 10.5 Å². The van der Waals surface area contributed by atoms with E-state index in [4.69, 9.17) is 10.5 Å². The van der Waals surface area contributed by atoms with Gasteiger partial charge >= 0.3 is 23.3 Å². The molecule has 1 aliphatic heterocycles. The van der Waals surface area contributed by atoms with Crippen molar-refractivity contribution >= 4 is 23.3 Å². The summed E-state index contributed by atoms with van der Waals surface area (Å²) in [6.07, 6.45) is -0.569. The predicted molar refractivity (Wildman–Crippen MR) is 65.6 cm³/mol. The van der Waals surface area contributed by atoms with Gasteiger partial charge in [0.15, 0.2) is 0 Å². The highest BCUT2D eigenvalue weighted by atomic mass is 31.3. The zero-order valence-corrected chi connectivity index (χ0v) is 12.4. The van der Waals surface area contributed by atoms with Crippen molar-refractivity contribution in [3.05, 3.63) is 0 Å². The van der Waals surface area contributed by atoms with E-state index in [0.29, 0.717) is 4.67 Å². The monoisotopic (exact) mass is 352 g/mol. The minimum absolute atomic E-state index is 0.284. The first-order valence-electron chi connectivity index (χ1n) is 5.03. The smallest absolute Gasteiger partial charge is 0.224 e. The molecule has 0 saturated heterocycles. The molecule has 112 valence electrons. The summed E-state index contributed by atoms with van der Waals surface area (Å²) in [6, 6.07) is 3.27. The summed E-state index contributed by atoms with van der Waals surface area (Å²) in [5, 5.41) is 16.8. The molecule has 0 amide bonds. The Morgan fingerprint density at radius 1 is 0.800 bits per heavy atom. The standard InChI is InChI=1S/C6H8F5N6P3/c7-18(8)14-19(9,10)16-20(11,15-18)17(5-1-3-12)6-2-4-13/h1-2,5-6H2. The molecule has 0 aromatic heterocycles. The van der Waals surface area contributed by atoms with Crippen molar-refractivity contribution in [2.75, 3.05) is 13.1 Å². The number of halogens is 5. The molecule has 0 radical (unpaired) electrons. The molecule has 14 heteroatoms. The molecule has 0 spiro atoms. The summed E-state index contributed by atoms with van der Waals surface area (Å²) in [5.74, 6) is 0. The van der Waals surface area contributed by atoms with Gasteiger partial charge in [-0.25, -0.2) is 4.67 Å². The fourth-order valence-corrected chi connectivity index (χ4v) is 7.53. The zero-order chi connectivity index (χ0) is 15.4. The Kier molecular flexibility index (Phi) is 5.52. The largest absolute Gasteiger partial charge is 0.424 e. The Bertz CT molecular complexity index is 594. The molecule has 0 aromatic rings. The molecule has 0 aliphatic carbocycles. The summed E-state index contributed by atoms with van der Waals surface area (Å²) in [4.78, 5) is 0. The average molecular weight is 352 g/mol. The number of nitriles is 2. The molecule has 0 bridgehead atoms. The van der Waals surface area contributed by atoms with E-state index in [1.165, 1.54) is 0 Å². The number of nitrogens with zero attached hydrogens (tertiary/aromatic N) is 6. The summed E-state index contributed by atoms with van der Waals surface area (Å²) in [5.41, 5.74) is 0. The van der Waals surface area contributed by atoms with Gasteiger partial charge in [0.25, 0.3) is 0 Å². The average Bonchev–Trinajstić information content (AvgIpc) is 2.23. The number of hydrogen-bond donors (Lipinski definition) is 0. The van der Waals surface area contributed by atoms with Crippen molar-refractivity contribution in [2.45, 2.75) is 12.8 Å². The molecule has 0 aromatic carbocycles. The lowest BCUT2D eigenvalue weighted by Crippen LogP contribution is -2.20. The van der Waals surface area contributed by atoms with Crippen LogP contribution >= 0.6 is 23.3 Å². The van der Waals surface area contributed by atoms with Gasteiger partial charge < -0.3 is 0 Å². The third-order valence-electron chi connectivity index (χ3n) is 1.98. The Hall–Kier alpha value is -0.720. The first kappa shape index (κ1) is 17.3. The van der Waals surface area contributed by atoms with Crippen LogP contribution in [0.1, 0.15) is 12.8 Å². The second-order valence-electron chi connectivity index (χ2n) is 3.44. The van der Waals surface area contributed by atoms with Crippen LogP contribution in [-0.2, 0) is 0 Å². The van der Waals surface area contributed by atoms with Crippen LogP contribution in [0.3, 0.4) is 0 Å². The molecule has 1 rings (SSSR count). The van der Waals surface area contributed by atoms with E-state index in [-0.39, 0.29) is 12.8 Å². The van der Waals surface area contributed by atoms with Crippen molar-refractivity contribution < 1.29 is 21.0 Å². The van der Waals surface area contributed by atoms with Crippen LogP contribution < -0.4 is 0 Å². The van der Waals surface area contributed by atoms with Crippen molar-refractivity contribution in [2.24, 2.45) is 13.5 Å². The van der Waals surface area contributed by atoms with Gasteiger partial charge in [0.1, 0.15) is 0 Å². The Balaban J connectivity index is 3.28. The number of rotatable bonds is 5. The summed E-state index contributed by atoms with van der Waals surface area (Å²) >= 11 is 0. The van der Waals surface area contributed by atoms with Crippen LogP contribution in [0.2, 0.25) is 0 Å². The maximum Gasteiger partial charge on any atom is 0.424 e. The second-order valence-corrected chi connectivity index (χ2v) is 8.97. The quantitative estimate of drug-likeness (QED) is 0.462. The van der Waals surface area contributed by atoms with E-state index in [2.05, 4.69) is 9.03 Å². The first-order chi connectivity index (χ1) is 9.14. The normalized spacial score (nSPS) is 26.6. The highest BCUT2D eigenvalue weighted by Crippen LogP contribution is 2.82. The lowest BCUT2D eigenvalue weighted by Gasteiger charge is -2.27. The van der Waals surface area contributed by atoms with Crippen LogP contribution in [0.15, 0.2) is 13.5 Å². The minimum atomic E-state index is -5.78. The maximum atomic E-state index is 14.4. The van der Waals surface area contributed by atoms with Crippen LogP contribution in [0, 0.1) is 22.7 Å². The molecule has 1 heterocycles. The Labute approximate surface area is 112 Å². The van der Waals surface area contributed by atoms with Crippen molar-refractivity contribution in [3.63, 3.8) is 0 Å². The Morgan fingerprint density at radius 2 is 1.25 bits per heavy atom. The van der Waals surface area contributed by atoms with Crippen LogP contribution in [0.5, 0.6) is 0 Å². The molecular weight excluding hydrogens is 344 g/mol. The van der Waals surface area contributed by atoms with Gasteiger partial charge in [-0.3, -0.25) is 0 Å². The minimum Gasteiger partial charge on any atom is -0.224 e. The van der Waals surface area contributed by atoms with E-state index in [9.17, 15) is 21.0 Å². The van der Waals surface area contributed by atoms with E-state index >= 15 is 0 Å². The van der Waals surface area contributed by atoms with Gasteiger partial charge in [-0.05, 0) is 0 Å². The third kappa shape index (κ3) is 4.68. The molecule has 0 N–H and O–H groups in total. The zero-order valence-electron chi connectivity index (χ0n) is 9.74. The topological polar surface area (TPSA) is 87.9 Å². The summed E-state index contributed by atoms with van der Waals surface area (Å²) in [7, 11) is -16.5. The van der Waals surface area contributed by atoms with Gasteiger partial charge in [0.05, 0.1) is 12.1 Å². The second kappa shape index (κ2) is 6.37. The molecular formula is C6H8F5N6P3. The molecule has 1 aliphatic rings. The van der Waals surface area contributed by atoms with Crippen LogP contribution in [-0.4, -0.2) is 17.8 Å². The van der Waals surface area contributed by atoms with Gasteiger partial charge in [0.2, 0.25) is 0 Å². The van der Waals surface area contributed by atoms with Crippen LogP contribution in [0.25, 0.3) is 0 Å². The predicted octanol–water partition coefficient (Wildman–Crippen LogP) is 5.82. The van der Waals surface area contributed by atoms with Gasteiger partial charge in [-0.1, -0.05) is 0 Å². The maximum absolute atomic E-state index is 14.4. The fraction of sp³-hybridized carbons (Fsp3) is 0.667. The third-order valence-corrected chi connectivity index (χ3v) is 8.37. The summed E-state index contributed by atoms with van der Waals surface area (Å²) < 4.78 is 74.2. The molecule has 1 unspecified atom stereocenters. The Morgan fingerprint density at radius 3 is 1.65 bits per heavy atom. The van der Waals surface area contributed by atoms with Crippen molar-refractivity contribution in [3.8, 4) is 12.1 Å². The number of hydrogen-bond acceptors (Lipinski definition) is 6. The lowest BCUT2D eigenvalue weighted by molar-refractivity contribution is 0.445. The highest BCUT2D eigenvalue weighted by Gasteiger charge is 2.42. The first-order valence-corrected chi connectivity index (χ1v) is 9.52. The molecule has 1 atom stereocenters. The fourth-order valence-electron chi connectivity index (χ4n) is 1.29. The molecule has 6 nitrogen and oxygen atoms in total. The van der Waals surface area contributed by atoms with Gasteiger partial charge in [0, 0.05) is 25.9 Å². The lowest BCUT2D eigenvalue weighted by atomic mass is 10.4. The van der Waals surface area contributed by atoms with E-state index in [0.717, 1.165) is 0 Å². The molecule has 0 saturated carbocycles. The van der Waals surface area contributed by atoms with E-state index in [1.807, 2.05) is 4.52 Å². The van der Waals surface area contributed by atoms with E-state index in [1.54, 1.807) is 12.1 Å². The SMILES string of the molecule is N#CCCN(CCC#N)P1(F)=NP(F)(F)=NP(F)(F)=N1. The van der Waals surface area contributed by atoms with E-state index < -0.39 is 36.4 Å². The van der Waals surface area contributed by atoms with Gasteiger partial charge in [-0.15, -0.1) is 30.3 Å². The highest BCUT2D eigenvalue weighted by molar-refractivity contribution is 7.78. The van der Waals surface area contributed by atoms with Crippen LogP contribution in [0.4, 0.5) is 21.0 Å². The van der Waals surface area contributed by atoms with Gasteiger partial charge in [-0.2, -0.15) is 14.7 Å². The molecule has 20 heavy (non-hydrogen) atoms. The molecule has 0 fully saturated rings.